The Balaban J connectivity index is 0.00000106. The van der Waals surface area contributed by atoms with Crippen LogP contribution in [0.2, 0.25) is 0 Å². The number of amides is 1. The summed E-state index contributed by atoms with van der Waals surface area (Å²) in [5, 5.41) is 10.9. The minimum atomic E-state index is -3.55. The summed E-state index contributed by atoms with van der Waals surface area (Å²) >= 11 is 3.51. The zero-order valence-corrected chi connectivity index (χ0v) is 13.0. The number of hydrogen-bond acceptors (Lipinski definition) is 9. The first kappa shape index (κ1) is 18.2. The van der Waals surface area contributed by atoms with Gasteiger partial charge >= 0.3 is 7.15 Å². The van der Waals surface area contributed by atoms with E-state index in [0.717, 1.165) is 7.11 Å². The van der Waals surface area contributed by atoms with Gasteiger partial charge in [0.2, 0.25) is 5.82 Å². The Morgan fingerprint density at radius 1 is 1.62 bits per heavy atom. The van der Waals surface area contributed by atoms with Crippen LogP contribution in [0.3, 0.4) is 0 Å². The molecule has 1 amide bonds. The number of aliphatic hydroxyl groups is 1. The molecule has 10 nitrogen and oxygen atoms in total. The minimum Gasteiger partial charge on any atom is -0.400 e. The highest BCUT2D eigenvalue weighted by Gasteiger charge is 2.35. The van der Waals surface area contributed by atoms with Crippen LogP contribution in [0.4, 0.5) is 0 Å². The first-order valence-electron chi connectivity index (χ1n) is 5.88. The van der Waals surface area contributed by atoms with E-state index in [9.17, 15) is 4.79 Å². The van der Waals surface area contributed by atoms with Crippen LogP contribution in [-0.2, 0) is 9.26 Å². The molecule has 1 saturated heterocycles. The van der Waals surface area contributed by atoms with E-state index in [1.165, 1.54) is 11.0 Å². The van der Waals surface area contributed by atoms with Gasteiger partial charge in [0.1, 0.15) is 12.9 Å². The van der Waals surface area contributed by atoms with Crippen LogP contribution >= 0.6 is 19.4 Å². The van der Waals surface area contributed by atoms with Crippen LogP contribution in [-0.4, -0.2) is 55.4 Å². The number of primary amides is 1. The maximum Gasteiger partial charge on any atom is 0.472 e. The van der Waals surface area contributed by atoms with Gasteiger partial charge in [-0.2, -0.15) is 14.3 Å². The number of carbonyl (C=O) groups excluding carboxylic acids is 1. The van der Waals surface area contributed by atoms with Gasteiger partial charge in [-0.1, -0.05) is 0 Å². The van der Waals surface area contributed by atoms with Crippen molar-refractivity contribution in [3.63, 3.8) is 0 Å². The van der Waals surface area contributed by atoms with Crippen molar-refractivity contribution in [3.05, 3.63) is 12.2 Å². The standard InChI is InChI=1S/C8H13N4O5PS.CH4O/c9-7(13)8-10-4-12(11-8)6-2-1-5(17-6)3-16-18(14,15)19;1-2/h4-6,14-15,19H,1-3H2,(H-,9,13);2H,1H3/p+1. The third kappa shape index (κ3) is 5.83. The van der Waals surface area contributed by atoms with Crippen molar-refractivity contribution in [1.82, 2.24) is 14.8 Å². The Morgan fingerprint density at radius 3 is 2.81 bits per heavy atom. The predicted octanol–water partition coefficient (Wildman–Crippen LogP) is -0.728. The second-order valence-corrected chi connectivity index (χ2v) is 6.86. The van der Waals surface area contributed by atoms with Crippen molar-refractivity contribution in [2.75, 3.05) is 13.7 Å². The summed E-state index contributed by atoms with van der Waals surface area (Å²) in [4.78, 5) is 32.6. The van der Waals surface area contributed by atoms with Crippen LogP contribution in [0.15, 0.2) is 6.33 Å². The maximum absolute atomic E-state index is 10.9. The first-order chi connectivity index (χ1) is 9.85. The average molecular weight is 341 g/mol. The molecule has 2 atom stereocenters. The van der Waals surface area contributed by atoms with E-state index in [1.807, 2.05) is 0 Å². The zero-order valence-electron chi connectivity index (χ0n) is 11.2. The molecule has 0 saturated carbocycles. The molecule has 0 radical (unpaired) electrons. The summed E-state index contributed by atoms with van der Waals surface area (Å²) < 4.78 is 11.8. The molecular formula is C9H18N4O6PS+. The number of rotatable bonds is 5. The number of aliphatic hydroxyl groups excluding tert-OH is 1. The third-order valence-electron chi connectivity index (χ3n) is 2.54. The van der Waals surface area contributed by atoms with Crippen LogP contribution < -0.4 is 5.73 Å². The van der Waals surface area contributed by atoms with Crippen molar-refractivity contribution >= 4 is 25.3 Å². The zero-order chi connectivity index (χ0) is 16.0. The predicted molar refractivity (Wildman–Crippen MR) is 76.1 cm³/mol. The highest BCUT2D eigenvalue weighted by molar-refractivity contribution is 8.47. The molecule has 0 aromatic carbocycles. The smallest absolute Gasteiger partial charge is 0.400 e. The molecule has 0 aliphatic carbocycles. The summed E-state index contributed by atoms with van der Waals surface area (Å²) in [6.07, 6.45) is 1.99. The molecule has 2 heterocycles. The SMILES string of the molecule is CO.NC(=O)c1ncn(C2CCC(CO[P+](O)(O)S)O2)n1. The highest BCUT2D eigenvalue weighted by atomic mass is 32.7. The fourth-order valence-corrected chi connectivity index (χ4v) is 2.28. The largest absolute Gasteiger partial charge is 0.472 e. The van der Waals surface area contributed by atoms with Gasteiger partial charge in [0.05, 0.1) is 18.4 Å². The Kier molecular flexibility index (Phi) is 6.94. The van der Waals surface area contributed by atoms with Gasteiger partial charge in [0, 0.05) is 7.11 Å². The van der Waals surface area contributed by atoms with Gasteiger partial charge < -0.3 is 15.6 Å². The number of carbonyl (C=O) groups is 1. The van der Waals surface area contributed by atoms with E-state index in [4.69, 9.17) is 29.9 Å². The van der Waals surface area contributed by atoms with E-state index >= 15 is 0 Å². The number of thiol groups is 1. The molecular weight excluding hydrogens is 323 g/mol. The summed E-state index contributed by atoms with van der Waals surface area (Å²) in [7, 11) is -2.55. The summed E-state index contributed by atoms with van der Waals surface area (Å²) in [6.45, 7) is 0.0259. The minimum absolute atomic E-state index is 0.0259. The molecule has 2 rings (SSSR count). The van der Waals surface area contributed by atoms with Crippen molar-refractivity contribution < 1.29 is 28.9 Å². The van der Waals surface area contributed by atoms with Crippen LogP contribution in [0, 0.1) is 0 Å². The molecule has 2 unspecified atom stereocenters. The van der Waals surface area contributed by atoms with Crippen LogP contribution in [0.1, 0.15) is 29.7 Å². The number of hydrogen-bond donors (Lipinski definition) is 5. The van der Waals surface area contributed by atoms with Crippen molar-refractivity contribution in [1.29, 1.82) is 0 Å². The molecule has 12 heteroatoms. The second-order valence-electron chi connectivity index (χ2n) is 4.01. The first-order valence-corrected chi connectivity index (χ1v) is 8.64. The number of ether oxygens (including phenoxy) is 1. The lowest BCUT2D eigenvalue weighted by Crippen LogP contribution is -2.18. The van der Waals surface area contributed by atoms with Gasteiger partial charge in [-0.3, -0.25) is 4.79 Å². The monoisotopic (exact) mass is 341 g/mol. The fraction of sp³-hybridized carbons (Fsp3) is 0.667. The van der Waals surface area contributed by atoms with E-state index < -0.39 is 13.1 Å². The highest BCUT2D eigenvalue weighted by Crippen LogP contribution is 2.56. The molecule has 0 spiro atoms. The van der Waals surface area contributed by atoms with Crippen molar-refractivity contribution in [2.24, 2.45) is 5.73 Å². The summed E-state index contributed by atoms with van der Waals surface area (Å²) in [5.74, 6) is -0.781. The van der Waals surface area contributed by atoms with Gasteiger partial charge in [0.15, 0.2) is 6.23 Å². The average Bonchev–Trinajstić information content (AvgIpc) is 3.07. The quantitative estimate of drug-likeness (QED) is 0.347. The molecule has 1 aromatic rings. The van der Waals surface area contributed by atoms with Crippen LogP contribution in [0.25, 0.3) is 0 Å². The van der Waals surface area contributed by atoms with Gasteiger partial charge in [0.25, 0.3) is 5.91 Å². The fourth-order valence-electron chi connectivity index (χ4n) is 1.71. The normalized spacial score (nSPS) is 21.8. The number of nitrogens with zero attached hydrogens (tertiary/aromatic N) is 3. The molecule has 1 aromatic heterocycles. The lowest BCUT2D eigenvalue weighted by molar-refractivity contribution is -0.0259. The molecule has 0 bridgehead atoms. The number of nitrogens with two attached hydrogens (primary N) is 1. The van der Waals surface area contributed by atoms with E-state index in [0.29, 0.717) is 12.8 Å². The maximum atomic E-state index is 10.9. The van der Waals surface area contributed by atoms with Gasteiger partial charge in [-0.05, 0) is 12.8 Å². The van der Waals surface area contributed by atoms with E-state index in [1.54, 1.807) is 0 Å². The van der Waals surface area contributed by atoms with Gasteiger partial charge in [-0.25, -0.2) is 9.67 Å². The Bertz CT molecular complexity index is 467. The lowest BCUT2D eigenvalue weighted by atomic mass is 10.2. The molecule has 1 aliphatic rings. The van der Waals surface area contributed by atoms with E-state index in [2.05, 4.69) is 22.3 Å². The Hall–Kier alpha value is -0.810. The Labute approximate surface area is 126 Å². The van der Waals surface area contributed by atoms with Crippen molar-refractivity contribution in [2.45, 2.75) is 25.2 Å². The lowest BCUT2D eigenvalue weighted by Gasteiger charge is -2.13. The topological polar surface area (TPSA) is 153 Å². The van der Waals surface area contributed by atoms with Crippen LogP contribution in [0.5, 0.6) is 0 Å². The molecule has 5 N–H and O–H groups in total. The second kappa shape index (κ2) is 7.99. The summed E-state index contributed by atoms with van der Waals surface area (Å²) in [5.41, 5.74) is 5.05. The summed E-state index contributed by atoms with van der Waals surface area (Å²) in [6, 6.07) is 0. The van der Waals surface area contributed by atoms with Gasteiger partial charge in [-0.15, -0.1) is 5.10 Å². The molecule has 1 fully saturated rings. The molecule has 1 aliphatic heterocycles. The van der Waals surface area contributed by atoms with Crippen molar-refractivity contribution in [3.8, 4) is 0 Å². The number of aromatic nitrogens is 3. The van der Waals surface area contributed by atoms with E-state index in [-0.39, 0.29) is 24.8 Å². The Morgan fingerprint density at radius 2 is 2.29 bits per heavy atom. The third-order valence-corrected chi connectivity index (χ3v) is 3.38. The molecule has 21 heavy (non-hydrogen) atoms. The molecule has 120 valence electrons.